The average molecular weight is 138 g/mol. The van der Waals surface area contributed by atoms with Crippen molar-refractivity contribution in [1.82, 2.24) is 5.32 Å². The second-order valence-corrected chi connectivity index (χ2v) is 2.63. The molecule has 1 saturated carbocycles. The normalized spacial score (nSPS) is 19.2. The van der Waals surface area contributed by atoms with Gasteiger partial charge in [-0.2, -0.15) is 5.26 Å². The summed E-state index contributed by atoms with van der Waals surface area (Å²) in [6.45, 7) is 1.61. The molecule has 1 aliphatic carbocycles. The zero-order chi connectivity index (χ0) is 7.56. The molecule has 0 radical (unpaired) electrons. The van der Waals surface area contributed by atoms with Crippen LogP contribution >= 0.6 is 0 Å². The van der Waals surface area contributed by atoms with Crippen LogP contribution in [0, 0.1) is 17.2 Å². The molecule has 1 amide bonds. The monoisotopic (exact) mass is 138 g/mol. The molecule has 0 spiro atoms. The van der Waals surface area contributed by atoms with E-state index >= 15 is 0 Å². The second kappa shape index (κ2) is 2.70. The Labute approximate surface area is 60.0 Å². The quantitative estimate of drug-likeness (QED) is 0.601. The molecule has 3 heteroatoms. The minimum Gasteiger partial charge on any atom is -0.352 e. The summed E-state index contributed by atoms with van der Waals surface area (Å²) in [5, 5.41) is 11.1. The largest absolute Gasteiger partial charge is 0.352 e. The van der Waals surface area contributed by atoms with E-state index in [0.29, 0.717) is 6.04 Å². The van der Waals surface area contributed by atoms with E-state index in [2.05, 4.69) is 5.32 Å². The maximum absolute atomic E-state index is 10.9. The van der Waals surface area contributed by atoms with Crippen LogP contribution in [0.3, 0.4) is 0 Å². The molecule has 54 valence electrons. The Hall–Kier alpha value is -1.04. The molecule has 3 nitrogen and oxygen atoms in total. The van der Waals surface area contributed by atoms with Gasteiger partial charge in [-0.3, -0.25) is 4.79 Å². The highest BCUT2D eigenvalue weighted by Crippen LogP contribution is 2.18. The Balaban J connectivity index is 2.27. The smallest absolute Gasteiger partial charge is 0.237 e. The van der Waals surface area contributed by atoms with Crippen molar-refractivity contribution in [3.63, 3.8) is 0 Å². The van der Waals surface area contributed by atoms with E-state index in [4.69, 9.17) is 5.26 Å². The molecule has 1 unspecified atom stereocenters. The summed E-state index contributed by atoms with van der Waals surface area (Å²) >= 11 is 0. The van der Waals surface area contributed by atoms with Crippen molar-refractivity contribution in [1.29, 1.82) is 5.26 Å². The highest BCUT2D eigenvalue weighted by atomic mass is 16.1. The van der Waals surface area contributed by atoms with Gasteiger partial charge in [-0.1, -0.05) is 0 Å². The van der Waals surface area contributed by atoms with Crippen molar-refractivity contribution < 1.29 is 4.79 Å². The van der Waals surface area contributed by atoms with Crippen LogP contribution in [0.2, 0.25) is 0 Å². The van der Waals surface area contributed by atoms with Gasteiger partial charge in [-0.15, -0.1) is 0 Å². The van der Waals surface area contributed by atoms with Crippen LogP contribution in [0.5, 0.6) is 0 Å². The number of nitriles is 1. The van der Waals surface area contributed by atoms with Gasteiger partial charge in [0.15, 0.2) is 0 Å². The fourth-order valence-electron chi connectivity index (χ4n) is 0.612. The minimum atomic E-state index is -0.499. The molecule has 0 saturated heterocycles. The maximum atomic E-state index is 10.9. The van der Waals surface area contributed by atoms with Crippen LogP contribution in [0.15, 0.2) is 0 Å². The van der Waals surface area contributed by atoms with E-state index in [9.17, 15) is 4.79 Å². The standard InChI is InChI=1S/C7H10N2O/c1-5(4-8)7(10)9-6-2-3-6/h5-6H,2-3H2,1H3,(H,9,10). The molecular formula is C7H10N2O. The van der Waals surface area contributed by atoms with Gasteiger partial charge in [-0.25, -0.2) is 0 Å². The molecule has 1 rings (SSSR count). The number of carbonyl (C=O) groups is 1. The molecular weight excluding hydrogens is 128 g/mol. The Morgan fingerprint density at radius 1 is 1.80 bits per heavy atom. The first kappa shape index (κ1) is 7.07. The first-order valence-electron chi connectivity index (χ1n) is 3.44. The van der Waals surface area contributed by atoms with Gasteiger partial charge in [0.25, 0.3) is 0 Å². The molecule has 10 heavy (non-hydrogen) atoms. The summed E-state index contributed by atoms with van der Waals surface area (Å²) in [5.74, 6) is -0.634. The lowest BCUT2D eigenvalue weighted by Gasteiger charge is -2.02. The van der Waals surface area contributed by atoms with Crippen molar-refractivity contribution in [3.05, 3.63) is 0 Å². The summed E-state index contributed by atoms with van der Waals surface area (Å²) in [6.07, 6.45) is 2.15. The number of nitrogens with zero attached hydrogens (tertiary/aromatic N) is 1. The van der Waals surface area contributed by atoms with Gasteiger partial charge in [-0.05, 0) is 19.8 Å². The van der Waals surface area contributed by atoms with E-state index < -0.39 is 5.92 Å². The van der Waals surface area contributed by atoms with Crippen molar-refractivity contribution in [2.24, 2.45) is 5.92 Å². The third-order valence-corrected chi connectivity index (χ3v) is 1.51. The topological polar surface area (TPSA) is 52.9 Å². The number of hydrogen-bond donors (Lipinski definition) is 1. The van der Waals surface area contributed by atoms with Crippen LogP contribution < -0.4 is 5.32 Å². The van der Waals surface area contributed by atoms with Crippen LogP contribution in [-0.2, 0) is 4.79 Å². The average Bonchev–Trinajstić information content (AvgIpc) is 2.70. The highest BCUT2D eigenvalue weighted by Gasteiger charge is 2.25. The van der Waals surface area contributed by atoms with E-state index in [1.165, 1.54) is 0 Å². The number of carbonyl (C=O) groups excluding carboxylic acids is 1. The van der Waals surface area contributed by atoms with Crippen LogP contribution in [0.4, 0.5) is 0 Å². The Bertz CT molecular complexity index is 179. The van der Waals surface area contributed by atoms with Crippen LogP contribution in [-0.4, -0.2) is 11.9 Å². The van der Waals surface area contributed by atoms with Crippen LogP contribution in [0.25, 0.3) is 0 Å². The molecule has 0 aromatic carbocycles. The van der Waals surface area contributed by atoms with Gasteiger partial charge in [0, 0.05) is 6.04 Å². The fourth-order valence-corrected chi connectivity index (χ4v) is 0.612. The lowest BCUT2D eigenvalue weighted by atomic mass is 10.2. The number of nitrogens with one attached hydrogen (secondary N) is 1. The molecule has 0 bridgehead atoms. The predicted octanol–water partition coefficient (Wildman–Crippen LogP) is 0.425. The molecule has 1 aliphatic rings. The van der Waals surface area contributed by atoms with Crippen molar-refractivity contribution in [2.45, 2.75) is 25.8 Å². The minimum absolute atomic E-state index is 0.134. The van der Waals surface area contributed by atoms with E-state index in [0.717, 1.165) is 12.8 Å². The second-order valence-electron chi connectivity index (χ2n) is 2.63. The molecule has 1 fully saturated rings. The number of amides is 1. The third-order valence-electron chi connectivity index (χ3n) is 1.51. The Morgan fingerprint density at radius 2 is 2.40 bits per heavy atom. The molecule has 0 aromatic rings. The lowest BCUT2D eigenvalue weighted by molar-refractivity contribution is -0.123. The van der Waals surface area contributed by atoms with E-state index in [-0.39, 0.29) is 5.91 Å². The summed E-state index contributed by atoms with van der Waals surface area (Å²) in [4.78, 5) is 10.9. The first-order chi connectivity index (χ1) is 4.74. The lowest BCUT2D eigenvalue weighted by Crippen LogP contribution is -2.30. The van der Waals surface area contributed by atoms with Gasteiger partial charge in [0.2, 0.25) is 5.91 Å². The van der Waals surface area contributed by atoms with Crippen LogP contribution in [0.1, 0.15) is 19.8 Å². The van der Waals surface area contributed by atoms with Crippen molar-refractivity contribution in [3.8, 4) is 6.07 Å². The SMILES string of the molecule is CC(C#N)C(=O)NC1CC1. The predicted molar refractivity (Wildman–Crippen MR) is 35.9 cm³/mol. The highest BCUT2D eigenvalue weighted by molar-refractivity contribution is 5.81. The van der Waals surface area contributed by atoms with E-state index in [1.54, 1.807) is 6.92 Å². The van der Waals surface area contributed by atoms with E-state index in [1.807, 2.05) is 6.07 Å². The molecule has 0 heterocycles. The van der Waals surface area contributed by atoms with Gasteiger partial charge >= 0.3 is 0 Å². The first-order valence-corrected chi connectivity index (χ1v) is 3.44. The summed E-state index contributed by atoms with van der Waals surface area (Å²) in [6, 6.07) is 2.25. The van der Waals surface area contributed by atoms with Crippen molar-refractivity contribution in [2.75, 3.05) is 0 Å². The Morgan fingerprint density at radius 3 is 2.80 bits per heavy atom. The summed E-state index contributed by atoms with van der Waals surface area (Å²) in [5.41, 5.74) is 0. The zero-order valence-electron chi connectivity index (χ0n) is 5.92. The third kappa shape index (κ3) is 1.73. The zero-order valence-corrected chi connectivity index (χ0v) is 5.92. The number of hydrogen-bond acceptors (Lipinski definition) is 2. The number of rotatable bonds is 2. The van der Waals surface area contributed by atoms with Gasteiger partial charge in [0.1, 0.15) is 5.92 Å². The maximum Gasteiger partial charge on any atom is 0.237 e. The summed E-state index contributed by atoms with van der Waals surface area (Å²) in [7, 11) is 0. The molecule has 0 aliphatic heterocycles. The van der Waals surface area contributed by atoms with Gasteiger partial charge < -0.3 is 5.32 Å². The summed E-state index contributed by atoms with van der Waals surface area (Å²) < 4.78 is 0. The Kier molecular flexibility index (Phi) is 1.91. The molecule has 0 aromatic heterocycles. The molecule has 1 atom stereocenters. The molecule has 1 N–H and O–H groups in total. The fraction of sp³-hybridized carbons (Fsp3) is 0.714. The van der Waals surface area contributed by atoms with Crippen molar-refractivity contribution >= 4 is 5.91 Å². The van der Waals surface area contributed by atoms with Gasteiger partial charge in [0.05, 0.1) is 6.07 Å².